The van der Waals surface area contributed by atoms with Crippen LogP contribution in [0.2, 0.25) is 0 Å². The Kier molecular flexibility index (Phi) is 16.4. The van der Waals surface area contributed by atoms with Gasteiger partial charge >= 0.3 is 25.8 Å². The fourth-order valence-corrected chi connectivity index (χ4v) is 9.45. The van der Waals surface area contributed by atoms with Gasteiger partial charge in [0.1, 0.15) is 0 Å². The molecule has 0 aliphatic heterocycles. The molecule has 0 aromatic heterocycles. The average Bonchev–Trinajstić information content (AvgIpc) is 3.55. The molecule has 8 aromatic carbocycles. The molecule has 0 amide bonds. The number of hydrogen-bond donors (Lipinski definition) is 0. The van der Waals surface area contributed by atoms with Crippen LogP contribution in [-0.4, -0.2) is 26.1 Å². The third-order valence-electron chi connectivity index (χ3n) is 11.0. The molecule has 2 atom stereocenters. The summed E-state index contributed by atoms with van der Waals surface area (Å²) in [5, 5.41) is 9.89. The second kappa shape index (κ2) is 20.8. The van der Waals surface area contributed by atoms with E-state index in [1.54, 1.807) is 0 Å². The maximum Gasteiger partial charge on any atom is 4.00 e. The number of Topliss-reactive ketones (excluding diaryl/α,β-unsaturated/α-hetero) is 1. The summed E-state index contributed by atoms with van der Waals surface area (Å²) in [4.78, 5) is 15.5. The second-order valence-corrected chi connectivity index (χ2v) is 18.7. The first kappa shape index (κ1) is 47.2. The quantitative estimate of drug-likeness (QED) is 0.0964. The third-order valence-corrected chi connectivity index (χ3v) is 12.6. The van der Waals surface area contributed by atoms with Crippen LogP contribution in [0.25, 0.3) is 43.1 Å². The van der Waals surface area contributed by atoms with Crippen LogP contribution in [-0.2, 0) is 95.5 Å². The van der Waals surface area contributed by atoms with Crippen molar-refractivity contribution in [3.05, 3.63) is 170 Å². The van der Waals surface area contributed by atoms with Gasteiger partial charge in [-0.1, -0.05) is 184 Å². The molecule has 4 nitrogen and oxygen atoms in total. The Morgan fingerprint density at radius 1 is 0.500 bits per heavy atom. The Balaban J connectivity index is 0.000000142. The Morgan fingerprint density at radius 3 is 1.02 bits per heavy atom. The summed E-state index contributed by atoms with van der Waals surface area (Å²) in [6.45, 7) is 3.86. The molecule has 2 aliphatic rings. The molecule has 0 saturated heterocycles. The van der Waals surface area contributed by atoms with Gasteiger partial charge in [-0.3, -0.25) is 8.98 Å². The topological polar surface area (TPSA) is 60.4 Å². The van der Waals surface area contributed by atoms with Gasteiger partial charge in [0, 0.05) is 11.8 Å². The molecule has 302 valence electrons. The summed E-state index contributed by atoms with van der Waals surface area (Å²) < 4.78 is 27.6. The van der Waals surface area contributed by atoms with E-state index in [9.17, 15) is 13.2 Å². The van der Waals surface area contributed by atoms with Gasteiger partial charge in [-0.25, -0.2) is 0 Å². The molecule has 0 heterocycles. The Hall–Kier alpha value is -3.87. The zero-order valence-corrected chi connectivity index (χ0v) is 41.2. The van der Waals surface area contributed by atoms with Gasteiger partial charge in [0.05, 0.1) is 6.26 Å². The fourth-order valence-electron chi connectivity index (χ4n) is 7.76. The minimum atomic E-state index is -3.58. The number of rotatable bonds is 2. The first-order valence-electron chi connectivity index (χ1n) is 19.2. The van der Waals surface area contributed by atoms with E-state index in [0.29, 0.717) is 12.8 Å². The number of hydrogen-bond acceptors (Lipinski definition) is 8. The zero-order valence-electron chi connectivity index (χ0n) is 33.5. The average molecular weight is 1050 g/mol. The van der Waals surface area contributed by atoms with Crippen LogP contribution in [0.4, 0.5) is 0 Å². The molecule has 10 rings (SSSR count). The summed E-state index contributed by atoms with van der Waals surface area (Å²) >= 11 is 20.2. The van der Waals surface area contributed by atoms with E-state index in [1.165, 1.54) is 43.1 Å². The second-order valence-electron chi connectivity index (χ2n) is 15.2. The molecule has 10 heteroatoms. The van der Waals surface area contributed by atoms with E-state index in [1.807, 2.05) is 111 Å². The van der Waals surface area contributed by atoms with Crippen molar-refractivity contribution < 1.29 is 43.2 Å². The van der Waals surface area contributed by atoms with Crippen molar-refractivity contribution in [3.8, 4) is 0 Å². The predicted molar refractivity (Wildman–Crippen MR) is 253 cm³/mol. The molecule has 2 fully saturated rings. The van der Waals surface area contributed by atoms with Crippen molar-refractivity contribution in [2.45, 2.75) is 58.3 Å². The molecule has 60 heavy (non-hydrogen) atoms. The van der Waals surface area contributed by atoms with Crippen LogP contribution in [0.15, 0.2) is 189 Å². The SMILES string of the molecule is CC1(C)[C@@H]2CC[C@@]1(OS(C)(=O)=O)C(=O)C2.[Hf+4].[S-]c1ccc2ccccc2c1.[S-]c1ccc2ccccc2c1.[S-]c1ccc2ccccc2c1.[S-]c1ccc2ccccc2c1. The van der Waals surface area contributed by atoms with Crippen molar-refractivity contribution in [1.82, 2.24) is 0 Å². The molecule has 8 aromatic rings. The zero-order chi connectivity index (χ0) is 42.2. The van der Waals surface area contributed by atoms with E-state index in [-0.39, 0.29) is 43.0 Å². The number of carbonyl (C=O) groups excluding carboxylic acids is 1. The van der Waals surface area contributed by atoms with E-state index in [4.69, 9.17) is 54.7 Å². The minimum absolute atomic E-state index is 0. The Bertz CT molecular complexity index is 2540. The van der Waals surface area contributed by atoms with E-state index in [0.717, 1.165) is 32.3 Å². The smallest absolute Gasteiger partial charge is 0.780 e. The van der Waals surface area contributed by atoms with E-state index < -0.39 is 15.7 Å². The molecular formula is C50H44HfO4S5. The van der Waals surface area contributed by atoms with Crippen LogP contribution < -0.4 is 0 Å². The van der Waals surface area contributed by atoms with Gasteiger partial charge < -0.3 is 50.5 Å². The monoisotopic (exact) mass is 1050 g/mol. The van der Waals surface area contributed by atoms with Crippen LogP contribution in [0.1, 0.15) is 33.1 Å². The Labute approximate surface area is 395 Å². The summed E-state index contributed by atoms with van der Waals surface area (Å²) in [7, 11) is -3.58. The van der Waals surface area contributed by atoms with Gasteiger partial charge in [-0.05, 0) is 61.8 Å². The van der Waals surface area contributed by atoms with Gasteiger partial charge in [0.25, 0.3) is 10.1 Å². The van der Waals surface area contributed by atoms with Gasteiger partial charge in [-0.15, -0.1) is 0 Å². The normalized spacial score (nSPS) is 17.1. The summed E-state index contributed by atoms with van der Waals surface area (Å²) in [6.07, 6.45) is 2.89. The molecule has 2 aliphatic carbocycles. The van der Waals surface area contributed by atoms with Crippen molar-refractivity contribution >= 4 is 110 Å². The largest absolute Gasteiger partial charge is 4.00 e. The van der Waals surface area contributed by atoms with Gasteiger partial charge in [0.2, 0.25) is 0 Å². The summed E-state index contributed by atoms with van der Waals surface area (Å²) in [6, 6.07) is 57.0. The van der Waals surface area contributed by atoms with Crippen molar-refractivity contribution in [2.24, 2.45) is 11.3 Å². The maximum atomic E-state index is 11.9. The molecule has 2 bridgehead atoms. The third kappa shape index (κ3) is 11.9. The van der Waals surface area contributed by atoms with E-state index >= 15 is 0 Å². The van der Waals surface area contributed by atoms with Crippen LogP contribution in [0.3, 0.4) is 0 Å². The maximum absolute atomic E-state index is 11.9. The number of benzene rings is 8. The van der Waals surface area contributed by atoms with Crippen LogP contribution in [0, 0.1) is 11.3 Å². The number of ketones is 1. The van der Waals surface area contributed by atoms with Crippen molar-refractivity contribution in [3.63, 3.8) is 0 Å². The van der Waals surface area contributed by atoms with Gasteiger partial charge in [-0.2, -0.15) is 28.0 Å². The Morgan fingerprint density at radius 2 is 0.783 bits per heavy atom. The van der Waals surface area contributed by atoms with Crippen LogP contribution >= 0.6 is 0 Å². The van der Waals surface area contributed by atoms with Crippen molar-refractivity contribution in [1.29, 1.82) is 0 Å². The van der Waals surface area contributed by atoms with E-state index in [2.05, 4.69) is 72.8 Å². The minimum Gasteiger partial charge on any atom is -0.780 e. The summed E-state index contributed by atoms with van der Waals surface area (Å²) in [5.41, 5.74) is -1.43. The van der Waals surface area contributed by atoms with Gasteiger partial charge in [0.15, 0.2) is 11.4 Å². The standard InChI is InChI=1S/C10H16O4S.4C10H8S.Hf/c1-9(2)7-4-5-10(9,8(11)6-7)14-15(3,12)13;4*11-10-6-5-8-3-1-2-4-9(8)7-10;/h7H,4-6H2,1-3H3;4*1-7,11H;/q;;;;;+4/p-4/t7-,10-;;;;;/m1...../s1. The van der Waals surface area contributed by atoms with Crippen LogP contribution in [0.5, 0.6) is 0 Å². The summed E-state index contributed by atoms with van der Waals surface area (Å²) in [5.74, 6) is 0.223. The first-order valence-corrected chi connectivity index (χ1v) is 22.7. The molecular weight excluding hydrogens is 1000 g/mol. The predicted octanol–water partition coefficient (Wildman–Crippen LogP) is 12.1. The molecule has 0 radical (unpaired) electrons. The molecule has 2 saturated carbocycles. The molecule has 0 N–H and O–H groups in total. The fraction of sp³-hybridized carbons (Fsp3) is 0.180. The van der Waals surface area contributed by atoms with Crippen molar-refractivity contribution in [2.75, 3.05) is 6.26 Å². The number of fused-ring (bicyclic) bond motifs is 6. The first-order chi connectivity index (χ1) is 28.1. The number of carbonyl (C=O) groups is 1. The molecule has 0 spiro atoms. The molecule has 0 unspecified atom stereocenters.